The number of aliphatic carboxylic acids is 1. The Morgan fingerprint density at radius 1 is 1.35 bits per heavy atom. The first-order chi connectivity index (χ1) is 10.6. The van der Waals surface area contributed by atoms with Crippen molar-refractivity contribution < 1.29 is 32.6 Å². The molecule has 0 amide bonds. The minimum Gasteiger partial charge on any atom is -0.494 e. The van der Waals surface area contributed by atoms with E-state index in [1.54, 1.807) is 13.8 Å². The normalized spacial score (nSPS) is 12.9. The van der Waals surface area contributed by atoms with Gasteiger partial charge in [-0.05, 0) is 12.3 Å². The highest BCUT2D eigenvalue weighted by Crippen LogP contribution is 2.34. The molecule has 0 saturated carbocycles. The molecule has 0 saturated heterocycles. The van der Waals surface area contributed by atoms with Crippen LogP contribution in [0.2, 0.25) is 0 Å². The van der Waals surface area contributed by atoms with E-state index in [0.29, 0.717) is 11.3 Å². The Labute approximate surface area is 138 Å². The molecule has 1 rings (SSSR count). The smallest absolute Gasteiger partial charge is 0.348 e. The SMILES string of the molecule is COC(=O)c1cc(OC)c(S(=O)(=O)NC(CC(C)C)C(=O)O)s1. The van der Waals surface area contributed by atoms with Crippen molar-refractivity contribution in [2.45, 2.75) is 30.5 Å². The van der Waals surface area contributed by atoms with Crippen molar-refractivity contribution in [2.75, 3.05) is 14.2 Å². The van der Waals surface area contributed by atoms with E-state index >= 15 is 0 Å². The van der Waals surface area contributed by atoms with Gasteiger partial charge in [0, 0.05) is 6.07 Å². The molecule has 130 valence electrons. The lowest BCUT2D eigenvalue weighted by atomic mass is 10.1. The molecule has 1 aromatic heterocycles. The van der Waals surface area contributed by atoms with Crippen LogP contribution in [0, 0.1) is 5.92 Å². The summed E-state index contributed by atoms with van der Waals surface area (Å²) in [4.78, 5) is 22.8. The predicted octanol–water partition coefficient (Wildman–Crippen LogP) is 1.32. The molecule has 0 bridgehead atoms. The molecule has 1 aromatic rings. The number of carbonyl (C=O) groups excluding carboxylic acids is 1. The molecule has 1 heterocycles. The van der Waals surface area contributed by atoms with Crippen LogP contribution in [0.25, 0.3) is 0 Å². The maximum atomic E-state index is 12.4. The second-order valence-electron chi connectivity index (χ2n) is 5.10. The third-order valence-corrected chi connectivity index (χ3v) is 5.90. The summed E-state index contributed by atoms with van der Waals surface area (Å²) in [5.41, 5.74) is 0. The Balaban J connectivity index is 3.19. The number of sulfonamides is 1. The third kappa shape index (κ3) is 4.91. The first-order valence-electron chi connectivity index (χ1n) is 6.63. The molecular formula is C13H19NO7S2. The fraction of sp³-hybridized carbons (Fsp3) is 0.538. The summed E-state index contributed by atoms with van der Waals surface area (Å²) in [6.45, 7) is 3.57. The number of carbonyl (C=O) groups is 2. The van der Waals surface area contributed by atoms with Crippen molar-refractivity contribution >= 4 is 33.3 Å². The van der Waals surface area contributed by atoms with Crippen LogP contribution in [-0.4, -0.2) is 45.7 Å². The quantitative estimate of drug-likeness (QED) is 0.667. The van der Waals surface area contributed by atoms with Crippen LogP contribution in [-0.2, 0) is 19.6 Å². The summed E-state index contributed by atoms with van der Waals surface area (Å²) in [6, 6.07) is -0.0306. The van der Waals surface area contributed by atoms with E-state index < -0.39 is 28.0 Å². The zero-order valence-corrected chi connectivity index (χ0v) is 14.8. The summed E-state index contributed by atoms with van der Waals surface area (Å²) < 4.78 is 36.2. The number of carboxylic acids is 1. The van der Waals surface area contributed by atoms with E-state index in [-0.39, 0.29) is 27.2 Å². The van der Waals surface area contributed by atoms with Crippen molar-refractivity contribution in [3.8, 4) is 5.75 Å². The monoisotopic (exact) mass is 365 g/mol. The molecule has 0 aliphatic rings. The van der Waals surface area contributed by atoms with Gasteiger partial charge < -0.3 is 14.6 Å². The number of hydrogen-bond acceptors (Lipinski definition) is 7. The molecule has 1 unspecified atom stereocenters. The molecule has 10 heteroatoms. The molecule has 2 N–H and O–H groups in total. The van der Waals surface area contributed by atoms with E-state index in [0.717, 1.165) is 0 Å². The molecule has 0 radical (unpaired) electrons. The number of thiophene rings is 1. The summed E-state index contributed by atoms with van der Waals surface area (Å²) in [7, 11) is -1.73. The van der Waals surface area contributed by atoms with Gasteiger partial charge in [-0.1, -0.05) is 13.8 Å². The van der Waals surface area contributed by atoms with Crippen LogP contribution in [0.3, 0.4) is 0 Å². The average molecular weight is 365 g/mol. The maximum Gasteiger partial charge on any atom is 0.348 e. The first kappa shape index (κ1) is 19.4. The molecule has 8 nitrogen and oxygen atoms in total. The van der Waals surface area contributed by atoms with Gasteiger partial charge in [0.1, 0.15) is 10.9 Å². The lowest BCUT2D eigenvalue weighted by molar-refractivity contribution is -0.139. The lowest BCUT2D eigenvalue weighted by Crippen LogP contribution is -2.41. The van der Waals surface area contributed by atoms with E-state index in [1.807, 2.05) is 0 Å². The minimum absolute atomic E-state index is 0.0188. The largest absolute Gasteiger partial charge is 0.494 e. The van der Waals surface area contributed by atoms with Crippen LogP contribution in [0.5, 0.6) is 5.75 Å². The van der Waals surface area contributed by atoms with E-state index in [9.17, 15) is 18.0 Å². The summed E-state index contributed by atoms with van der Waals surface area (Å²) in [5, 5.41) is 9.16. The predicted molar refractivity (Wildman–Crippen MR) is 83.4 cm³/mol. The Morgan fingerprint density at radius 2 is 1.96 bits per heavy atom. The van der Waals surface area contributed by atoms with Crippen LogP contribution < -0.4 is 9.46 Å². The number of hydrogen-bond donors (Lipinski definition) is 2. The Kier molecular flexibility index (Phi) is 6.54. The van der Waals surface area contributed by atoms with Gasteiger partial charge in [0.25, 0.3) is 10.0 Å². The van der Waals surface area contributed by atoms with Crippen molar-refractivity contribution in [1.29, 1.82) is 0 Å². The summed E-state index contributed by atoms with van der Waals surface area (Å²) >= 11 is 0.653. The Bertz CT molecular complexity index is 678. The van der Waals surface area contributed by atoms with Gasteiger partial charge in [0.2, 0.25) is 0 Å². The lowest BCUT2D eigenvalue weighted by Gasteiger charge is -2.16. The van der Waals surface area contributed by atoms with Gasteiger partial charge in [-0.15, -0.1) is 11.3 Å². The molecule has 0 fully saturated rings. The highest BCUT2D eigenvalue weighted by Gasteiger charge is 2.31. The third-order valence-electron chi connectivity index (χ3n) is 2.82. The maximum absolute atomic E-state index is 12.4. The molecule has 1 atom stereocenters. The van der Waals surface area contributed by atoms with Crippen LogP contribution in [0.4, 0.5) is 0 Å². The number of esters is 1. The van der Waals surface area contributed by atoms with Crippen LogP contribution >= 0.6 is 11.3 Å². The summed E-state index contributed by atoms with van der Waals surface area (Å²) in [5.74, 6) is -2.04. The number of methoxy groups -OCH3 is 2. The molecule has 0 aliphatic carbocycles. The van der Waals surface area contributed by atoms with Crippen LogP contribution in [0.15, 0.2) is 10.3 Å². The minimum atomic E-state index is -4.16. The zero-order chi connectivity index (χ0) is 17.8. The number of nitrogens with one attached hydrogen (secondary N) is 1. The summed E-state index contributed by atoms with van der Waals surface area (Å²) in [6.07, 6.45) is 0.131. The van der Waals surface area contributed by atoms with Gasteiger partial charge in [-0.2, -0.15) is 4.72 Å². The van der Waals surface area contributed by atoms with Crippen molar-refractivity contribution in [1.82, 2.24) is 4.72 Å². The van der Waals surface area contributed by atoms with Crippen molar-refractivity contribution in [2.24, 2.45) is 5.92 Å². The highest BCUT2D eigenvalue weighted by molar-refractivity contribution is 7.91. The topological polar surface area (TPSA) is 119 Å². The Hall–Kier alpha value is -1.65. The van der Waals surface area contributed by atoms with Crippen molar-refractivity contribution in [3.05, 3.63) is 10.9 Å². The molecular weight excluding hydrogens is 346 g/mol. The van der Waals surface area contributed by atoms with Gasteiger partial charge in [-0.3, -0.25) is 4.79 Å². The second-order valence-corrected chi connectivity index (χ2v) is 8.06. The number of rotatable bonds is 8. The molecule has 0 spiro atoms. The van der Waals surface area contributed by atoms with Gasteiger partial charge in [0.05, 0.1) is 14.2 Å². The number of carboxylic acid groups (broad SMARTS) is 1. The fourth-order valence-corrected chi connectivity index (χ4v) is 4.51. The standard InChI is InChI=1S/C13H19NO7S2/c1-7(2)5-8(11(15)16)14-23(18,19)13-9(20-3)6-10(22-13)12(17)21-4/h6-8,14H,5H2,1-4H3,(H,15,16). The van der Waals surface area contributed by atoms with Gasteiger partial charge >= 0.3 is 11.9 Å². The van der Waals surface area contributed by atoms with E-state index in [4.69, 9.17) is 9.84 Å². The second kappa shape index (κ2) is 7.75. The Morgan fingerprint density at radius 3 is 2.39 bits per heavy atom. The van der Waals surface area contributed by atoms with E-state index in [1.165, 1.54) is 20.3 Å². The molecule has 23 heavy (non-hydrogen) atoms. The average Bonchev–Trinajstić information content (AvgIpc) is 2.90. The number of ether oxygens (including phenoxy) is 2. The highest BCUT2D eigenvalue weighted by atomic mass is 32.2. The fourth-order valence-electron chi connectivity index (χ4n) is 1.80. The van der Waals surface area contributed by atoms with E-state index in [2.05, 4.69) is 9.46 Å². The molecule has 0 aromatic carbocycles. The zero-order valence-electron chi connectivity index (χ0n) is 13.2. The van der Waals surface area contributed by atoms with Gasteiger partial charge in [-0.25, -0.2) is 13.2 Å². The molecule has 0 aliphatic heterocycles. The van der Waals surface area contributed by atoms with Crippen molar-refractivity contribution in [3.63, 3.8) is 0 Å². The van der Waals surface area contributed by atoms with Gasteiger partial charge in [0.15, 0.2) is 9.96 Å². The first-order valence-corrected chi connectivity index (χ1v) is 8.93. The van der Waals surface area contributed by atoms with Crippen LogP contribution in [0.1, 0.15) is 29.9 Å².